The van der Waals surface area contributed by atoms with E-state index in [2.05, 4.69) is 37.4 Å². The zero-order valence-corrected chi connectivity index (χ0v) is 16.4. The molecule has 0 spiro atoms. The molecule has 0 saturated carbocycles. The number of imidazole rings is 1. The van der Waals surface area contributed by atoms with Crippen molar-refractivity contribution in [3.05, 3.63) is 46.8 Å². The Morgan fingerprint density at radius 3 is 3.00 bits per heavy atom. The molecule has 1 amide bonds. The summed E-state index contributed by atoms with van der Waals surface area (Å²) in [5.74, 6) is 0.953. The first-order chi connectivity index (χ1) is 13.2. The Kier molecular flexibility index (Phi) is 7.20. The highest BCUT2D eigenvalue weighted by molar-refractivity contribution is 6.30. The zero-order valence-electron chi connectivity index (χ0n) is 15.7. The van der Waals surface area contributed by atoms with Crippen LogP contribution in [0.5, 0.6) is 0 Å². The molecule has 1 saturated heterocycles. The summed E-state index contributed by atoms with van der Waals surface area (Å²) in [6.07, 6.45) is 6.59. The van der Waals surface area contributed by atoms with Gasteiger partial charge in [0.15, 0.2) is 5.15 Å². The fourth-order valence-corrected chi connectivity index (χ4v) is 3.38. The molecule has 0 bridgehead atoms. The normalized spacial score (nSPS) is 17.8. The topological polar surface area (TPSA) is 85.9 Å². The molecule has 3 heterocycles. The van der Waals surface area contributed by atoms with Crippen molar-refractivity contribution in [1.82, 2.24) is 30.5 Å². The monoisotopic (exact) mass is 390 g/mol. The molecule has 3 N–H and O–H groups in total. The fourth-order valence-electron chi connectivity index (χ4n) is 3.17. The van der Waals surface area contributed by atoms with E-state index in [-0.39, 0.29) is 11.9 Å². The van der Waals surface area contributed by atoms with Gasteiger partial charge in [0.1, 0.15) is 5.82 Å². The predicted molar refractivity (Wildman–Crippen MR) is 105 cm³/mol. The van der Waals surface area contributed by atoms with Crippen molar-refractivity contribution in [2.24, 2.45) is 0 Å². The third-order valence-corrected chi connectivity index (χ3v) is 5.03. The van der Waals surface area contributed by atoms with E-state index in [9.17, 15) is 4.79 Å². The second-order valence-electron chi connectivity index (χ2n) is 6.87. The van der Waals surface area contributed by atoms with Gasteiger partial charge in [0.2, 0.25) is 5.91 Å². The number of nitrogens with zero attached hydrogens (tertiary/aromatic N) is 3. The van der Waals surface area contributed by atoms with Gasteiger partial charge in [0, 0.05) is 51.5 Å². The molecule has 0 radical (unpaired) electrons. The number of rotatable bonds is 8. The van der Waals surface area contributed by atoms with Crippen LogP contribution in [0.4, 0.5) is 0 Å². The zero-order chi connectivity index (χ0) is 19.1. The Morgan fingerprint density at radius 2 is 2.22 bits per heavy atom. The number of nitrogens with one attached hydrogen (secondary N) is 3. The first-order valence-electron chi connectivity index (χ1n) is 9.51. The Bertz CT molecular complexity index is 735. The standard InChI is InChI=1S/C19H27ClN6O/c1-2-3-4-17-24-15(18(20)25-17)12-26-10-9-22-16(13-26)19(27)23-11-14-5-7-21-8-6-14/h5-8,16,22H,2-4,9-13H2,1H3,(H,23,27)(H,24,25). The maximum absolute atomic E-state index is 12.5. The number of pyridine rings is 1. The molecule has 1 aliphatic heterocycles. The van der Waals surface area contributed by atoms with Crippen molar-refractivity contribution in [3.8, 4) is 0 Å². The van der Waals surface area contributed by atoms with Crippen LogP contribution in [0.3, 0.4) is 0 Å². The molecule has 1 atom stereocenters. The minimum Gasteiger partial charge on any atom is -0.351 e. The average Bonchev–Trinajstić information content (AvgIpc) is 3.04. The number of aromatic amines is 1. The molecule has 1 fully saturated rings. The highest BCUT2D eigenvalue weighted by Crippen LogP contribution is 2.17. The molecule has 7 nitrogen and oxygen atoms in total. The second-order valence-corrected chi connectivity index (χ2v) is 7.23. The lowest BCUT2D eigenvalue weighted by molar-refractivity contribution is -0.124. The first kappa shape index (κ1) is 19.8. The maximum atomic E-state index is 12.5. The van der Waals surface area contributed by atoms with E-state index in [0.29, 0.717) is 24.8 Å². The van der Waals surface area contributed by atoms with E-state index < -0.39 is 0 Å². The number of piperazine rings is 1. The minimum atomic E-state index is -0.234. The van der Waals surface area contributed by atoms with Gasteiger partial charge in [0.05, 0.1) is 11.7 Å². The lowest BCUT2D eigenvalue weighted by Gasteiger charge is -2.32. The van der Waals surface area contributed by atoms with Crippen LogP contribution in [0.2, 0.25) is 5.15 Å². The summed E-state index contributed by atoms with van der Waals surface area (Å²) in [4.78, 5) is 26.5. The molecule has 2 aromatic rings. The summed E-state index contributed by atoms with van der Waals surface area (Å²) in [6, 6.07) is 3.57. The van der Waals surface area contributed by atoms with Gasteiger partial charge in [-0.1, -0.05) is 24.9 Å². The number of hydrogen-bond acceptors (Lipinski definition) is 5. The SMILES string of the molecule is CCCCc1nc(Cl)c(CN2CCNC(C(=O)NCc3ccncc3)C2)[nH]1. The molecular formula is C19H27ClN6O. The van der Waals surface area contributed by atoms with Gasteiger partial charge < -0.3 is 15.6 Å². The lowest BCUT2D eigenvalue weighted by atomic mass is 10.2. The van der Waals surface area contributed by atoms with E-state index in [1.165, 1.54) is 0 Å². The molecular weight excluding hydrogens is 364 g/mol. The highest BCUT2D eigenvalue weighted by Gasteiger charge is 2.26. The van der Waals surface area contributed by atoms with Crippen LogP contribution >= 0.6 is 11.6 Å². The van der Waals surface area contributed by atoms with Crippen LogP contribution in [0.25, 0.3) is 0 Å². The van der Waals surface area contributed by atoms with Gasteiger partial charge in [-0.25, -0.2) is 4.98 Å². The fraction of sp³-hybridized carbons (Fsp3) is 0.526. The van der Waals surface area contributed by atoms with Gasteiger partial charge in [0.25, 0.3) is 0 Å². The Hall–Kier alpha value is -1.96. The van der Waals surface area contributed by atoms with Crippen molar-refractivity contribution in [2.75, 3.05) is 19.6 Å². The molecule has 3 rings (SSSR count). The van der Waals surface area contributed by atoms with Crippen LogP contribution in [0, 0.1) is 0 Å². The Balaban J connectivity index is 1.51. The first-order valence-corrected chi connectivity index (χ1v) is 9.89. The van der Waals surface area contributed by atoms with Crippen molar-refractivity contribution in [1.29, 1.82) is 0 Å². The smallest absolute Gasteiger partial charge is 0.238 e. The number of aryl methyl sites for hydroxylation is 1. The minimum absolute atomic E-state index is 0.0101. The van der Waals surface area contributed by atoms with Crippen LogP contribution in [-0.4, -0.2) is 51.4 Å². The van der Waals surface area contributed by atoms with Gasteiger partial charge in [-0.05, 0) is 24.1 Å². The Morgan fingerprint density at radius 1 is 1.41 bits per heavy atom. The van der Waals surface area contributed by atoms with E-state index in [4.69, 9.17) is 11.6 Å². The summed E-state index contributed by atoms with van der Waals surface area (Å²) in [5, 5.41) is 6.82. The second kappa shape index (κ2) is 9.82. The summed E-state index contributed by atoms with van der Waals surface area (Å²) in [5.41, 5.74) is 1.97. The molecule has 1 unspecified atom stereocenters. The molecule has 2 aromatic heterocycles. The summed E-state index contributed by atoms with van der Waals surface area (Å²) in [7, 11) is 0. The van der Waals surface area contributed by atoms with Gasteiger partial charge in [-0.2, -0.15) is 0 Å². The van der Waals surface area contributed by atoms with Crippen LogP contribution in [0.1, 0.15) is 36.8 Å². The predicted octanol–water partition coefficient (Wildman–Crippen LogP) is 1.89. The molecule has 0 aliphatic carbocycles. The van der Waals surface area contributed by atoms with Gasteiger partial charge in [-0.3, -0.25) is 14.7 Å². The number of carbonyl (C=O) groups excluding carboxylic acids is 1. The number of hydrogen-bond donors (Lipinski definition) is 3. The number of H-pyrrole nitrogens is 1. The largest absolute Gasteiger partial charge is 0.351 e. The van der Waals surface area contributed by atoms with Crippen molar-refractivity contribution < 1.29 is 4.79 Å². The number of aromatic nitrogens is 3. The number of unbranched alkanes of at least 4 members (excludes halogenated alkanes) is 1. The molecule has 146 valence electrons. The molecule has 27 heavy (non-hydrogen) atoms. The van der Waals surface area contributed by atoms with Crippen molar-refractivity contribution >= 4 is 17.5 Å². The maximum Gasteiger partial charge on any atom is 0.238 e. The summed E-state index contributed by atoms with van der Waals surface area (Å²) in [6.45, 7) is 5.62. The van der Waals surface area contributed by atoms with Crippen LogP contribution in [-0.2, 0) is 24.3 Å². The lowest BCUT2D eigenvalue weighted by Crippen LogP contribution is -2.56. The molecule has 1 aliphatic rings. The van der Waals surface area contributed by atoms with E-state index in [1.54, 1.807) is 12.4 Å². The van der Waals surface area contributed by atoms with Crippen LogP contribution < -0.4 is 10.6 Å². The van der Waals surface area contributed by atoms with Crippen molar-refractivity contribution in [2.45, 2.75) is 45.3 Å². The number of amides is 1. The van der Waals surface area contributed by atoms with E-state index >= 15 is 0 Å². The van der Waals surface area contributed by atoms with Crippen LogP contribution in [0.15, 0.2) is 24.5 Å². The average molecular weight is 391 g/mol. The summed E-state index contributed by atoms with van der Waals surface area (Å²) >= 11 is 6.29. The third kappa shape index (κ3) is 5.76. The quantitative estimate of drug-likeness (QED) is 0.640. The Labute approximate surface area is 164 Å². The molecule has 0 aromatic carbocycles. The summed E-state index contributed by atoms with van der Waals surface area (Å²) < 4.78 is 0. The third-order valence-electron chi connectivity index (χ3n) is 4.72. The van der Waals surface area contributed by atoms with Gasteiger partial charge >= 0.3 is 0 Å². The van der Waals surface area contributed by atoms with Gasteiger partial charge in [-0.15, -0.1) is 0 Å². The number of halogens is 1. The van der Waals surface area contributed by atoms with E-state index in [0.717, 1.165) is 49.4 Å². The van der Waals surface area contributed by atoms with E-state index in [1.807, 2.05) is 12.1 Å². The highest BCUT2D eigenvalue weighted by atomic mass is 35.5. The number of carbonyl (C=O) groups is 1. The molecule has 8 heteroatoms. The van der Waals surface area contributed by atoms with Crippen molar-refractivity contribution in [3.63, 3.8) is 0 Å².